The topological polar surface area (TPSA) is 48.0 Å². The first-order chi connectivity index (χ1) is 7.59. The van der Waals surface area contributed by atoms with E-state index < -0.39 is 0 Å². The number of hydrogen-bond acceptors (Lipinski definition) is 2. The summed E-state index contributed by atoms with van der Waals surface area (Å²) in [6, 6.07) is 11.2. The minimum atomic E-state index is -0.0850. The summed E-state index contributed by atoms with van der Waals surface area (Å²) >= 11 is 0. The predicted octanol–water partition coefficient (Wildman–Crippen LogP) is 1.94. The summed E-state index contributed by atoms with van der Waals surface area (Å²) in [5.41, 5.74) is 9.13. The first-order valence-electron chi connectivity index (χ1n) is 5.12. The zero-order valence-corrected chi connectivity index (χ0v) is 9.40. The quantitative estimate of drug-likeness (QED) is 0.788. The lowest BCUT2D eigenvalue weighted by Gasteiger charge is -2.11. The van der Waals surface area contributed by atoms with E-state index in [0.717, 1.165) is 16.8 Å². The molecular formula is C13H14N2O. The van der Waals surface area contributed by atoms with Gasteiger partial charge in [-0.05, 0) is 18.6 Å². The highest BCUT2D eigenvalue weighted by atomic mass is 16.1. The van der Waals surface area contributed by atoms with Gasteiger partial charge < -0.3 is 10.3 Å². The normalized spacial score (nSPS) is 10.4. The maximum atomic E-state index is 11.6. The Morgan fingerprint density at radius 3 is 2.56 bits per heavy atom. The smallest absolute Gasteiger partial charge is 0.252 e. The second-order valence-corrected chi connectivity index (χ2v) is 3.89. The fourth-order valence-electron chi connectivity index (χ4n) is 1.77. The van der Waals surface area contributed by atoms with Crippen molar-refractivity contribution in [3.63, 3.8) is 0 Å². The van der Waals surface area contributed by atoms with Crippen molar-refractivity contribution in [1.82, 2.24) is 4.57 Å². The van der Waals surface area contributed by atoms with Gasteiger partial charge in [0.05, 0.1) is 5.69 Å². The van der Waals surface area contributed by atoms with Gasteiger partial charge in [-0.3, -0.25) is 4.79 Å². The Morgan fingerprint density at radius 2 is 1.88 bits per heavy atom. The molecule has 0 amide bonds. The molecule has 0 unspecified atom stereocenters. The molecule has 3 heteroatoms. The second kappa shape index (κ2) is 3.85. The van der Waals surface area contributed by atoms with Crippen molar-refractivity contribution in [2.75, 3.05) is 5.73 Å². The zero-order chi connectivity index (χ0) is 11.7. The minimum absolute atomic E-state index is 0.0850. The zero-order valence-electron chi connectivity index (χ0n) is 9.40. The van der Waals surface area contributed by atoms with E-state index in [0.29, 0.717) is 5.69 Å². The predicted molar refractivity (Wildman–Crippen MR) is 66.3 cm³/mol. The first-order valence-corrected chi connectivity index (χ1v) is 5.12. The van der Waals surface area contributed by atoms with Gasteiger partial charge in [-0.2, -0.15) is 0 Å². The molecule has 0 spiro atoms. The van der Waals surface area contributed by atoms with E-state index in [2.05, 4.69) is 0 Å². The van der Waals surface area contributed by atoms with E-state index in [4.69, 9.17) is 5.73 Å². The van der Waals surface area contributed by atoms with E-state index >= 15 is 0 Å². The van der Waals surface area contributed by atoms with Crippen LogP contribution in [0.5, 0.6) is 0 Å². The fraction of sp³-hybridized carbons (Fsp3) is 0.154. The molecule has 1 aromatic heterocycles. The molecular weight excluding hydrogens is 200 g/mol. The Labute approximate surface area is 94.1 Å². The van der Waals surface area contributed by atoms with Gasteiger partial charge in [0.15, 0.2) is 0 Å². The first kappa shape index (κ1) is 10.5. The molecule has 16 heavy (non-hydrogen) atoms. The Kier molecular flexibility index (Phi) is 2.52. The number of nitrogens with zero attached hydrogens (tertiary/aromatic N) is 1. The molecule has 2 N–H and O–H groups in total. The Morgan fingerprint density at radius 1 is 1.19 bits per heavy atom. The van der Waals surface area contributed by atoms with Gasteiger partial charge in [0, 0.05) is 24.4 Å². The molecule has 0 aliphatic heterocycles. The number of pyridine rings is 1. The van der Waals surface area contributed by atoms with Crippen LogP contribution < -0.4 is 11.3 Å². The molecule has 2 aromatic rings. The van der Waals surface area contributed by atoms with Gasteiger partial charge in [-0.15, -0.1) is 0 Å². The number of nitrogen functional groups attached to an aromatic ring is 1. The highest BCUT2D eigenvalue weighted by molar-refractivity contribution is 5.66. The summed E-state index contributed by atoms with van der Waals surface area (Å²) < 4.78 is 1.61. The van der Waals surface area contributed by atoms with Crippen molar-refractivity contribution in [3.05, 3.63) is 52.3 Å². The minimum Gasteiger partial charge on any atom is -0.399 e. The van der Waals surface area contributed by atoms with Crippen molar-refractivity contribution in [2.24, 2.45) is 7.05 Å². The molecule has 0 radical (unpaired) electrons. The highest BCUT2D eigenvalue weighted by Gasteiger charge is 2.06. The van der Waals surface area contributed by atoms with Crippen LogP contribution >= 0.6 is 0 Å². The van der Waals surface area contributed by atoms with Gasteiger partial charge in [-0.1, -0.05) is 24.3 Å². The van der Waals surface area contributed by atoms with Crippen molar-refractivity contribution in [1.29, 1.82) is 0 Å². The van der Waals surface area contributed by atoms with Crippen molar-refractivity contribution in [2.45, 2.75) is 6.92 Å². The van der Waals surface area contributed by atoms with Crippen molar-refractivity contribution in [3.8, 4) is 11.3 Å². The van der Waals surface area contributed by atoms with Crippen LogP contribution in [0.2, 0.25) is 0 Å². The molecule has 1 heterocycles. The number of aryl methyl sites for hydroxylation is 1. The number of anilines is 1. The molecule has 1 aromatic carbocycles. The number of hydrogen-bond donors (Lipinski definition) is 1. The van der Waals surface area contributed by atoms with Crippen LogP contribution in [0, 0.1) is 6.92 Å². The number of aromatic nitrogens is 1. The maximum Gasteiger partial charge on any atom is 0.252 e. The van der Waals surface area contributed by atoms with Crippen LogP contribution in [-0.4, -0.2) is 4.57 Å². The third-order valence-electron chi connectivity index (χ3n) is 2.71. The molecule has 82 valence electrons. The second-order valence-electron chi connectivity index (χ2n) is 3.89. The molecule has 0 bridgehead atoms. The van der Waals surface area contributed by atoms with E-state index in [-0.39, 0.29) is 5.56 Å². The van der Waals surface area contributed by atoms with E-state index in [1.807, 2.05) is 37.3 Å². The molecule has 2 rings (SSSR count). The van der Waals surface area contributed by atoms with Gasteiger partial charge in [0.25, 0.3) is 5.56 Å². The van der Waals surface area contributed by atoms with E-state index in [1.54, 1.807) is 11.6 Å². The van der Waals surface area contributed by atoms with Gasteiger partial charge in [0.1, 0.15) is 0 Å². The van der Waals surface area contributed by atoms with Crippen LogP contribution in [0.15, 0.2) is 41.2 Å². The molecule has 0 saturated heterocycles. The summed E-state index contributed by atoms with van der Waals surface area (Å²) in [4.78, 5) is 11.6. The maximum absolute atomic E-state index is 11.6. The number of rotatable bonds is 1. The Hall–Kier alpha value is -2.03. The third kappa shape index (κ3) is 1.72. The lowest BCUT2D eigenvalue weighted by Crippen LogP contribution is -2.18. The molecule has 3 nitrogen and oxygen atoms in total. The van der Waals surface area contributed by atoms with E-state index in [1.165, 1.54) is 6.07 Å². The Bertz CT molecular complexity index is 585. The highest BCUT2D eigenvalue weighted by Crippen LogP contribution is 2.22. The molecule has 0 aliphatic carbocycles. The summed E-state index contributed by atoms with van der Waals surface area (Å²) in [5.74, 6) is 0. The van der Waals surface area contributed by atoms with Gasteiger partial charge in [0.2, 0.25) is 0 Å². The van der Waals surface area contributed by atoms with Crippen LogP contribution in [-0.2, 0) is 7.05 Å². The Balaban J connectivity index is 2.74. The standard InChI is InChI=1S/C13H14N2O/c1-9-5-3-4-6-11(9)12-7-10(14)8-13(16)15(12)2/h3-8H,14H2,1-2H3. The van der Waals surface area contributed by atoms with Gasteiger partial charge in [-0.25, -0.2) is 0 Å². The third-order valence-corrected chi connectivity index (χ3v) is 2.71. The van der Waals surface area contributed by atoms with Crippen LogP contribution in [0.4, 0.5) is 5.69 Å². The number of nitrogens with two attached hydrogens (primary N) is 1. The average molecular weight is 214 g/mol. The summed E-state index contributed by atoms with van der Waals surface area (Å²) in [5, 5.41) is 0. The van der Waals surface area contributed by atoms with Crippen LogP contribution in [0.25, 0.3) is 11.3 Å². The fourth-order valence-corrected chi connectivity index (χ4v) is 1.77. The summed E-state index contributed by atoms with van der Waals surface area (Å²) in [6.45, 7) is 2.02. The average Bonchev–Trinajstić information content (AvgIpc) is 2.24. The largest absolute Gasteiger partial charge is 0.399 e. The van der Waals surface area contributed by atoms with Gasteiger partial charge >= 0.3 is 0 Å². The molecule has 0 saturated carbocycles. The molecule has 0 aliphatic rings. The molecule has 0 atom stereocenters. The van der Waals surface area contributed by atoms with Crippen LogP contribution in [0.3, 0.4) is 0 Å². The molecule has 0 fully saturated rings. The lowest BCUT2D eigenvalue weighted by molar-refractivity contribution is 0.871. The van der Waals surface area contributed by atoms with Crippen LogP contribution in [0.1, 0.15) is 5.56 Å². The summed E-state index contributed by atoms with van der Waals surface area (Å²) in [6.07, 6.45) is 0. The van der Waals surface area contributed by atoms with Crippen molar-refractivity contribution >= 4 is 5.69 Å². The van der Waals surface area contributed by atoms with E-state index in [9.17, 15) is 4.79 Å². The van der Waals surface area contributed by atoms with Crippen molar-refractivity contribution < 1.29 is 0 Å². The lowest BCUT2D eigenvalue weighted by atomic mass is 10.0. The number of benzene rings is 1. The SMILES string of the molecule is Cc1ccccc1-c1cc(N)cc(=O)n1C. The summed E-state index contributed by atoms with van der Waals surface area (Å²) in [7, 11) is 1.75. The monoisotopic (exact) mass is 214 g/mol.